The Kier molecular flexibility index (Phi) is 2.85. The number of rotatable bonds is 2. The second kappa shape index (κ2) is 4.49. The number of benzene rings is 1. The van der Waals surface area contributed by atoms with Crippen molar-refractivity contribution in [3.05, 3.63) is 35.9 Å². The van der Waals surface area contributed by atoms with Gasteiger partial charge in [0.2, 0.25) is 5.91 Å². The standard InChI is InChI=1S/C14H18N2O/c17-14-13(11-6-2-1-3-7-11)15-10-16(14)12-8-4-5-9-12/h1-3,6-7,12-13,15H,4-5,8-10H2. The molecule has 0 aromatic heterocycles. The second-order valence-corrected chi connectivity index (χ2v) is 4.95. The van der Waals surface area contributed by atoms with Crippen LogP contribution in [0.5, 0.6) is 0 Å². The van der Waals surface area contributed by atoms with Gasteiger partial charge in [0.15, 0.2) is 0 Å². The minimum Gasteiger partial charge on any atom is -0.325 e. The van der Waals surface area contributed by atoms with Crippen molar-refractivity contribution in [1.82, 2.24) is 10.2 Å². The molecular weight excluding hydrogens is 212 g/mol. The van der Waals surface area contributed by atoms with E-state index in [-0.39, 0.29) is 11.9 Å². The van der Waals surface area contributed by atoms with Crippen molar-refractivity contribution in [2.24, 2.45) is 0 Å². The third kappa shape index (κ3) is 1.95. The van der Waals surface area contributed by atoms with Crippen LogP contribution in [0.25, 0.3) is 0 Å². The maximum atomic E-state index is 12.4. The number of carbonyl (C=O) groups is 1. The van der Waals surface area contributed by atoms with E-state index < -0.39 is 0 Å². The topological polar surface area (TPSA) is 32.3 Å². The van der Waals surface area contributed by atoms with Crippen LogP contribution in [-0.2, 0) is 4.79 Å². The summed E-state index contributed by atoms with van der Waals surface area (Å²) in [6.07, 6.45) is 4.89. The lowest BCUT2D eigenvalue weighted by molar-refractivity contribution is -0.130. The van der Waals surface area contributed by atoms with Gasteiger partial charge in [0.05, 0.1) is 6.67 Å². The molecule has 0 radical (unpaired) electrons. The summed E-state index contributed by atoms with van der Waals surface area (Å²) in [6.45, 7) is 0.711. The molecule has 1 atom stereocenters. The highest BCUT2D eigenvalue weighted by atomic mass is 16.2. The van der Waals surface area contributed by atoms with Crippen LogP contribution in [-0.4, -0.2) is 23.5 Å². The first-order chi connectivity index (χ1) is 8.36. The average molecular weight is 230 g/mol. The first-order valence-electron chi connectivity index (χ1n) is 6.45. The Morgan fingerprint density at radius 2 is 1.82 bits per heavy atom. The molecule has 1 aromatic rings. The van der Waals surface area contributed by atoms with Gasteiger partial charge in [-0.1, -0.05) is 43.2 Å². The summed E-state index contributed by atoms with van der Waals surface area (Å²) in [7, 11) is 0. The molecule has 17 heavy (non-hydrogen) atoms. The summed E-state index contributed by atoms with van der Waals surface area (Å²) in [5.41, 5.74) is 1.08. The van der Waals surface area contributed by atoms with E-state index in [0.29, 0.717) is 12.7 Å². The van der Waals surface area contributed by atoms with E-state index in [4.69, 9.17) is 0 Å². The van der Waals surface area contributed by atoms with Crippen LogP contribution >= 0.6 is 0 Å². The maximum Gasteiger partial charge on any atom is 0.245 e. The van der Waals surface area contributed by atoms with E-state index in [1.54, 1.807) is 0 Å². The minimum atomic E-state index is -0.128. The van der Waals surface area contributed by atoms with E-state index >= 15 is 0 Å². The fourth-order valence-electron chi connectivity index (χ4n) is 2.95. The molecule has 1 N–H and O–H groups in total. The third-order valence-electron chi connectivity index (χ3n) is 3.89. The molecule has 1 aromatic carbocycles. The second-order valence-electron chi connectivity index (χ2n) is 4.95. The molecule has 1 heterocycles. The number of nitrogens with zero attached hydrogens (tertiary/aromatic N) is 1. The van der Waals surface area contributed by atoms with Crippen LogP contribution in [0.3, 0.4) is 0 Å². The molecule has 1 aliphatic heterocycles. The Morgan fingerprint density at radius 3 is 2.53 bits per heavy atom. The first-order valence-corrected chi connectivity index (χ1v) is 6.45. The number of nitrogens with one attached hydrogen (secondary N) is 1. The van der Waals surface area contributed by atoms with Gasteiger partial charge in [-0.25, -0.2) is 0 Å². The van der Waals surface area contributed by atoms with E-state index in [9.17, 15) is 4.79 Å². The molecule has 2 aliphatic rings. The molecule has 1 saturated carbocycles. The smallest absolute Gasteiger partial charge is 0.245 e. The van der Waals surface area contributed by atoms with Crippen molar-refractivity contribution in [3.63, 3.8) is 0 Å². The van der Waals surface area contributed by atoms with Crippen LogP contribution in [0, 0.1) is 0 Å². The van der Waals surface area contributed by atoms with Gasteiger partial charge in [0.1, 0.15) is 6.04 Å². The van der Waals surface area contributed by atoms with Gasteiger partial charge >= 0.3 is 0 Å². The first kappa shape index (κ1) is 10.8. The summed E-state index contributed by atoms with van der Waals surface area (Å²) in [4.78, 5) is 14.4. The van der Waals surface area contributed by atoms with E-state index in [1.807, 2.05) is 35.2 Å². The van der Waals surface area contributed by atoms with Crippen LogP contribution in [0.2, 0.25) is 0 Å². The highest BCUT2D eigenvalue weighted by Gasteiger charge is 2.36. The molecule has 1 unspecified atom stereocenters. The number of carbonyl (C=O) groups excluding carboxylic acids is 1. The van der Waals surface area contributed by atoms with Crippen LogP contribution in [0.1, 0.15) is 37.3 Å². The normalized spacial score (nSPS) is 25.8. The highest BCUT2D eigenvalue weighted by molar-refractivity contribution is 5.85. The van der Waals surface area contributed by atoms with Crippen LogP contribution in [0.15, 0.2) is 30.3 Å². The average Bonchev–Trinajstić information content (AvgIpc) is 2.99. The fourth-order valence-corrected chi connectivity index (χ4v) is 2.95. The van der Waals surface area contributed by atoms with Gasteiger partial charge in [-0.3, -0.25) is 10.1 Å². The largest absolute Gasteiger partial charge is 0.325 e. The molecule has 3 heteroatoms. The van der Waals surface area contributed by atoms with Crippen molar-refractivity contribution in [3.8, 4) is 0 Å². The Morgan fingerprint density at radius 1 is 1.12 bits per heavy atom. The zero-order chi connectivity index (χ0) is 11.7. The van der Waals surface area contributed by atoms with E-state index in [1.165, 1.54) is 25.7 Å². The molecule has 1 amide bonds. The Hall–Kier alpha value is -1.35. The lowest BCUT2D eigenvalue weighted by atomic mass is 10.1. The summed E-state index contributed by atoms with van der Waals surface area (Å²) in [5.74, 6) is 0.253. The van der Waals surface area contributed by atoms with Crippen molar-refractivity contribution in [2.75, 3.05) is 6.67 Å². The molecule has 2 fully saturated rings. The number of amides is 1. The highest BCUT2D eigenvalue weighted by Crippen LogP contribution is 2.29. The lowest BCUT2D eigenvalue weighted by Gasteiger charge is -2.22. The summed E-state index contributed by atoms with van der Waals surface area (Å²) < 4.78 is 0. The SMILES string of the molecule is O=C1C(c2ccccc2)NCN1C1CCCC1. The number of hydrogen-bond acceptors (Lipinski definition) is 2. The zero-order valence-electron chi connectivity index (χ0n) is 9.93. The molecule has 3 nitrogen and oxygen atoms in total. The predicted octanol–water partition coefficient (Wildman–Crippen LogP) is 2.06. The van der Waals surface area contributed by atoms with Gasteiger partial charge in [0.25, 0.3) is 0 Å². The van der Waals surface area contributed by atoms with Gasteiger partial charge in [-0.05, 0) is 18.4 Å². The zero-order valence-corrected chi connectivity index (χ0v) is 9.93. The van der Waals surface area contributed by atoms with Crippen LogP contribution < -0.4 is 5.32 Å². The van der Waals surface area contributed by atoms with Crippen LogP contribution in [0.4, 0.5) is 0 Å². The Labute approximate surface area is 102 Å². The molecule has 1 aliphatic carbocycles. The quantitative estimate of drug-likeness (QED) is 0.843. The van der Waals surface area contributed by atoms with Gasteiger partial charge in [-0.2, -0.15) is 0 Å². The minimum absolute atomic E-state index is 0.128. The van der Waals surface area contributed by atoms with Crippen molar-refractivity contribution >= 4 is 5.91 Å². The molecule has 90 valence electrons. The molecular formula is C14H18N2O. The number of hydrogen-bond donors (Lipinski definition) is 1. The van der Waals surface area contributed by atoms with E-state index in [0.717, 1.165) is 5.56 Å². The summed E-state index contributed by atoms with van der Waals surface area (Å²) in [5, 5.41) is 3.33. The van der Waals surface area contributed by atoms with Gasteiger partial charge < -0.3 is 4.90 Å². The molecule has 0 bridgehead atoms. The maximum absolute atomic E-state index is 12.4. The van der Waals surface area contributed by atoms with Crippen molar-refractivity contribution in [2.45, 2.75) is 37.8 Å². The Balaban J connectivity index is 1.76. The Bertz CT molecular complexity index is 398. The van der Waals surface area contributed by atoms with E-state index in [2.05, 4.69) is 5.32 Å². The molecule has 1 saturated heterocycles. The lowest BCUT2D eigenvalue weighted by Crippen LogP contribution is -2.35. The summed E-state index contributed by atoms with van der Waals surface area (Å²) >= 11 is 0. The predicted molar refractivity (Wildman–Crippen MR) is 66.3 cm³/mol. The summed E-state index contributed by atoms with van der Waals surface area (Å²) in [6, 6.07) is 10.4. The van der Waals surface area contributed by atoms with Gasteiger partial charge in [-0.15, -0.1) is 0 Å². The fraction of sp³-hybridized carbons (Fsp3) is 0.500. The van der Waals surface area contributed by atoms with Crippen molar-refractivity contribution < 1.29 is 4.79 Å². The molecule has 3 rings (SSSR count). The molecule has 0 spiro atoms. The van der Waals surface area contributed by atoms with Crippen molar-refractivity contribution in [1.29, 1.82) is 0 Å². The van der Waals surface area contributed by atoms with Gasteiger partial charge in [0, 0.05) is 6.04 Å². The monoisotopic (exact) mass is 230 g/mol. The third-order valence-corrected chi connectivity index (χ3v) is 3.89.